The minimum absolute atomic E-state index is 0.00106. The number of benzene rings is 1. The molecule has 130 valence electrons. The number of hydrogen-bond acceptors (Lipinski definition) is 5. The van der Waals surface area contributed by atoms with E-state index in [4.69, 9.17) is 46.4 Å². The van der Waals surface area contributed by atoms with E-state index in [1.165, 1.54) is 6.07 Å². The van der Waals surface area contributed by atoms with Crippen molar-refractivity contribution >= 4 is 64.6 Å². The monoisotopic (exact) mass is 419 g/mol. The van der Waals surface area contributed by atoms with E-state index in [1.807, 2.05) is 5.32 Å². The summed E-state index contributed by atoms with van der Waals surface area (Å²) in [6.07, 6.45) is 0.0337. The zero-order valence-electron chi connectivity index (χ0n) is 12.5. The fourth-order valence-electron chi connectivity index (χ4n) is 1.81. The number of amides is 2. The topological polar surface area (TPSA) is 80.7 Å². The lowest BCUT2D eigenvalue weighted by atomic mass is 10.1. The summed E-state index contributed by atoms with van der Waals surface area (Å²) in [6, 6.07) is 6.28. The molecule has 0 saturated carbocycles. The number of nitrogens with one attached hydrogen (secondary N) is 1. The zero-order valence-corrected chi connectivity index (χ0v) is 15.5. The second-order valence-electron chi connectivity index (χ2n) is 4.63. The van der Waals surface area contributed by atoms with E-state index in [0.29, 0.717) is 21.2 Å². The van der Waals surface area contributed by atoms with E-state index in [2.05, 4.69) is 15.0 Å². The molecule has 2 rings (SSSR count). The van der Waals surface area contributed by atoms with Gasteiger partial charge in [0.1, 0.15) is 10.3 Å². The van der Waals surface area contributed by atoms with E-state index in [1.54, 1.807) is 25.1 Å². The third-order valence-electron chi connectivity index (χ3n) is 2.90. The summed E-state index contributed by atoms with van der Waals surface area (Å²) in [6.45, 7) is 1.59. The van der Waals surface area contributed by atoms with Gasteiger partial charge >= 0.3 is 6.09 Å². The quantitative estimate of drug-likeness (QED) is 0.331. The van der Waals surface area contributed by atoms with Gasteiger partial charge in [-0.05, 0) is 30.7 Å². The van der Waals surface area contributed by atoms with Crippen LogP contribution in [0, 0.1) is 6.92 Å². The molecule has 25 heavy (non-hydrogen) atoms. The number of nitrogens with zero attached hydrogens (tertiary/aromatic N) is 2. The highest BCUT2D eigenvalue weighted by atomic mass is 35.5. The number of hydrogen-bond donors (Lipinski definition) is 1. The van der Waals surface area contributed by atoms with Crippen LogP contribution in [-0.4, -0.2) is 23.2 Å². The smallest absolute Gasteiger partial charge is 0.298 e. The maximum Gasteiger partial charge on any atom is 0.440 e. The Kier molecular flexibility index (Phi) is 6.61. The molecule has 1 N–H and O–H groups in total. The summed E-state index contributed by atoms with van der Waals surface area (Å²) in [4.78, 5) is 32.0. The number of pyridine rings is 1. The SMILES string of the molecule is Cc1cc(Cl)nc(Cl)c1C(=O)NC(=O)O/N=C/c1c(Cl)cccc1Cl. The average molecular weight is 421 g/mol. The van der Waals surface area contributed by atoms with Crippen LogP contribution in [0.5, 0.6) is 0 Å². The van der Waals surface area contributed by atoms with E-state index in [-0.39, 0.29) is 15.9 Å². The minimum atomic E-state index is -1.12. The zero-order chi connectivity index (χ0) is 18.6. The van der Waals surface area contributed by atoms with Crippen LogP contribution in [-0.2, 0) is 4.84 Å². The summed E-state index contributed by atoms with van der Waals surface area (Å²) in [5, 5.41) is 6.05. The van der Waals surface area contributed by atoms with Crippen LogP contribution in [0.4, 0.5) is 4.79 Å². The second-order valence-corrected chi connectivity index (χ2v) is 6.19. The predicted octanol–water partition coefficient (Wildman–Crippen LogP) is 4.90. The molecular formula is C15H9Cl4N3O3. The lowest BCUT2D eigenvalue weighted by molar-refractivity contribution is 0.0923. The Labute approximate surface area is 162 Å². The fraction of sp³-hybridized carbons (Fsp3) is 0.0667. The Morgan fingerprint density at radius 2 is 1.84 bits per heavy atom. The van der Waals surface area contributed by atoms with Gasteiger partial charge in [-0.2, -0.15) is 0 Å². The number of rotatable bonds is 3. The van der Waals surface area contributed by atoms with Gasteiger partial charge in [-0.3, -0.25) is 14.9 Å². The first kappa shape index (κ1) is 19.5. The first-order valence-electron chi connectivity index (χ1n) is 6.62. The van der Waals surface area contributed by atoms with E-state index in [0.717, 1.165) is 6.21 Å². The summed E-state index contributed by atoms with van der Waals surface area (Å²) < 4.78 is 0. The molecule has 0 aliphatic rings. The van der Waals surface area contributed by atoms with Crippen LogP contribution in [0.2, 0.25) is 20.4 Å². The van der Waals surface area contributed by atoms with Crippen molar-refractivity contribution in [2.75, 3.05) is 0 Å². The lowest BCUT2D eigenvalue weighted by Gasteiger charge is -2.07. The predicted molar refractivity (Wildman–Crippen MR) is 97.0 cm³/mol. The highest BCUT2D eigenvalue weighted by Gasteiger charge is 2.19. The van der Waals surface area contributed by atoms with Gasteiger partial charge in [0.2, 0.25) is 0 Å². The van der Waals surface area contributed by atoms with Gasteiger partial charge in [-0.1, -0.05) is 57.6 Å². The second kappa shape index (κ2) is 8.49. The molecule has 10 heteroatoms. The standard InChI is InChI=1S/C15H9Cl4N3O3/c1-7-5-11(18)21-13(19)12(7)14(23)22-15(24)25-20-6-8-9(16)3-2-4-10(8)17/h2-6H,1H3,(H,22,23,24)/b20-6+. The van der Waals surface area contributed by atoms with Crippen molar-refractivity contribution in [1.29, 1.82) is 0 Å². The number of halogens is 4. The van der Waals surface area contributed by atoms with E-state index >= 15 is 0 Å². The normalized spacial score (nSPS) is 10.8. The molecule has 2 amide bonds. The molecule has 0 aliphatic carbocycles. The Balaban J connectivity index is 2.03. The van der Waals surface area contributed by atoms with Gasteiger partial charge in [0.05, 0.1) is 21.8 Å². The minimum Gasteiger partial charge on any atom is -0.298 e. The fourth-order valence-corrected chi connectivity index (χ4v) is 2.92. The van der Waals surface area contributed by atoms with Crippen molar-refractivity contribution in [1.82, 2.24) is 10.3 Å². The number of oxime groups is 1. The molecule has 0 spiro atoms. The van der Waals surface area contributed by atoms with Crippen LogP contribution < -0.4 is 5.32 Å². The molecule has 0 aliphatic heterocycles. The van der Waals surface area contributed by atoms with Crippen LogP contribution in [0.15, 0.2) is 29.4 Å². The van der Waals surface area contributed by atoms with Gasteiger partial charge in [0.25, 0.3) is 5.91 Å². The maximum atomic E-state index is 12.1. The first-order valence-corrected chi connectivity index (χ1v) is 8.13. The summed E-state index contributed by atoms with van der Waals surface area (Å²) in [7, 11) is 0. The molecule has 1 aromatic heterocycles. The highest BCUT2D eigenvalue weighted by Crippen LogP contribution is 2.22. The first-order chi connectivity index (χ1) is 11.8. The van der Waals surface area contributed by atoms with Crippen molar-refractivity contribution in [3.05, 3.63) is 61.3 Å². The molecule has 0 saturated heterocycles. The Bertz CT molecular complexity index is 828. The molecule has 0 bridgehead atoms. The number of imide groups is 1. The van der Waals surface area contributed by atoms with Gasteiger partial charge < -0.3 is 0 Å². The number of carbonyl (C=O) groups is 2. The Morgan fingerprint density at radius 1 is 1.20 bits per heavy atom. The van der Waals surface area contributed by atoms with E-state index in [9.17, 15) is 9.59 Å². The molecule has 1 heterocycles. The Hall–Kier alpha value is -1.86. The molecule has 0 radical (unpaired) electrons. The van der Waals surface area contributed by atoms with Crippen LogP contribution in [0.1, 0.15) is 21.5 Å². The largest absolute Gasteiger partial charge is 0.440 e. The third-order valence-corrected chi connectivity index (χ3v) is 4.03. The molecule has 6 nitrogen and oxygen atoms in total. The molecular weight excluding hydrogens is 412 g/mol. The van der Waals surface area contributed by atoms with Crippen LogP contribution in [0.3, 0.4) is 0 Å². The summed E-state index contributed by atoms with van der Waals surface area (Å²) in [5.41, 5.74) is 0.813. The van der Waals surface area contributed by atoms with Crippen molar-refractivity contribution in [3.63, 3.8) is 0 Å². The van der Waals surface area contributed by atoms with Gasteiger partial charge in [0.15, 0.2) is 0 Å². The molecule has 0 fully saturated rings. The maximum absolute atomic E-state index is 12.1. The molecule has 2 aromatic rings. The van der Waals surface area contributed by atoms with Crippen LogP contribution >= 0.6 is 46.4 Å². The Morgan fingerprint density at radius 3 is 2.44 bits per heavy atom. The summed E-state index contributed by atoms with van der Waals surface area (Å²) in [5.74, 6) is -0.803. The molecule has 0 atom stereocenters. The molecule has 0 unspecified atom stereocenters. The number of aryl methyl sites for hydroxylation is 1. The number of carbonyl (C=O) groups excluding carboxylic acids is 2. The van der Waals surface area contributed by atoms with Gasteiger partial charge in [-0.15, -0.1) is 0 Å². The van der Waals surface area contributed by atoms with Crippen molar-refractivity contribution in [3.8, 4) is 0 Å². The average Bonchev–Trinajstić information content (AvgIpc) is 2.49. The van der Waals surface area contributed by atoms with Crippen molar-refractivity contribution < 1.29 is 14.4 Å². The third kappa shape index (κ3) is 5.06. The van der Waals surface area contributed by atoms with Gasteiger partial charge in [0, 0.05) is 5.56 Å². The van der Waals surface area contributed by atoms with Crippen molar-refractivity contribution in [2.24, 2.45) is 5.16 Å². The summed E-state index contributed by atoms with van der Waals surface area (Å²) >= 11 is 23.5. The van der Waals surface area contributed by atoms with Crippen molar-refractivity contribution in [2.45, 2.75) is 6.92 Å². The molecule has 1 aromatic carbocycles. The number of aromatic nitrogens is 1. The highest BCUT2D eigenvalue weighted by molar-refractivity contribution is 6.38. The van der Waals surface area contributed by atoms with E-state index < -0.39 is 12.0 Å². The van der Waals surface area contributed by atoms with Gasteiger partial charge in [-0.25, -0.2) is 9.78 Å². The lowest BCUT2D eigenvalue weighted by Crippen LogP contribution is -2.31. The van der Waals surface area contributed by atoms with Crippen LogP contribution in [0.25, 0.3) is 0 Å².